The Morgan fingerprint density at radius 1 is 1.38 bits per heavy atom. The minimum Gasteiger partial charge on any atom is -0.409 e. The van der Waals surface area contributed by atoms with Gasteiger partial charge in [-0.2, -0.15) is 0 Å². The van der Waals surface area contributed by atoms with Gasteiger partial charge in [-0.05, 0) is 37.0 Å². The highest BCUT2D eigenvalue weighted by Gasteiger charge is 2.28. The Bertz CT molecular complexity index is 527. The minimum atomic E-state index is -0.415. The molecule has 4 N–H and O–H groups in total. The summed E-state index contributed by atoms with van der Waals surface area (Å²) in [5.41, 5.74) is 6.33. The average Bonchev–Trinajstić information content (AvgIpc) is 2.52. The third-order valence-corrected chi connectivity index (χ3v) is 4.42. The van der Waals surface area contributed by atoms with Gasteiger partial charge in [0.05, 0.1) is 6.04 Å². The molecule has 5 nitrogen and oxygen atoms in total. The number of carbonyl (C=O) groups is 1. The number of carbonyl (C=O) groups excluding carboxylic acids is 1. The van der Waals surface area contributed by atoms with Crippen molar-refractivity contribution in [1.82, 2.24) is 5.32 Å². The highest BCUT2D eigenvalue weighted by atomic mass is 79.9. The molecule has 1 aromatic carbocycles. The summed E-state index contributed by atoms with van der Waals surface area (Å²) in [4.78, 5) is 12.3. The van der Waals surface area contributed by atoms with Crippen LogP contribution in [0, 0.1) is 5.92 Å². The van der Waals surface area contributed by atoms with Crippen LogP contribution >= 0.6 is 15.9 Å². The minimum absolute atomic E-state index is 0.0743. The van der Waals surface area contributed by atoms with Gasteiger partial charge in [-0.15, -0.1) is 0 Å². The van der Waals surface area contributed by atoms with Crippen LogP contribution in [0.4, 0.5) is 0 Å². The molecular weight excluding hydrogens is 334 g/mol. The Morgan fingerprint density at radius 2 is 2.10 bits per heavy atom. The normalized spacial score (nSPS) is 18.2. The fourth-order valence-corrected chi connectivity index (χ4v) is 3.22. The molecule has 21 heavy (non-hydrogen) atoms. The van der Waals surface area contributed by atoms with Gasteiger partial charge < -0.3 is 16.3 Å². The quantitative estimate of drug-likeness (QED) is 0.336. The second kappa shape index (κ2) is 7.45. The van der Waals surface area contributed by atoms with Crippen LogP contribution in [0.1, 0.15) is 42.5 Å². The lowest BCUT2D eigenvalue weighted by atomic mass is 9.83. The Morgan fingerprint density at radius 3 is 2.71 bits per heavy atom. The molecule has 0 aromatic heterocycles. The van der Waals surface area contributed by atoms with Crippen molar-refractivity contribution in [3.63, 3.8) is 0 Å². The van der Waals surface area contributed by atoms with Gasteiger partial charge in [0.25, 0.3) is 5.91 Å². The number of benzene rings is 1. The van der Waals surface area contributed by atoms with E-state index in [1.165, 1.54) is 6.42 Å². The van der Waals surface area contributed by atoms with E-state index in [4.69, 9.17) is 10.9 Å². The molecule has 0 aliphatic heterocycles. The Balaban J connectivity index is 2.12. The van der Waals surface area contributed by atoms with Crippen molar-refractivity contribution in [3.8, 4) is 0 Å². The SMILES string of the molecule is N/C(=N\O)C(NC(=O)c1cccc(Br)c1)C1CCCCC1. The van der Waals surface area contributed by atoms with Crippen LogP contribution < -0.4 is 11.1 Å². The van der Waals surface area contributed by atoms with E-state index in [2.05, 4.69) is 26.4 Å². The molecule has 114 valence electrons. The van der Waals surface area contributed by atoms with Crippen LogP contribution in [-0.2, 0) is 0 Å². The third-order valence-electron chi connectivity index (χ3n) is 3.93. The number of rotatable bonds is 4. The summed E-state index contributed by atoms with van der Waals surface area (Å²) in [6.07, 6.45) is 5.41. The Hall–Kier alpha value is -1.56. The van der Waals surface area contributed by atoms with Gasteiger partial charge in [0.15, 0.2) is 5.84 Å². The number of amidine groups is 1. The zero-order chi connectivity index (χ0) is 15.2. The number of halogens is 1. The molecule has 0 saturated heterocycles. The van der Waals surface area contributed by atoms with Crippen LogP contribution in [0.15, 0.2) is 33.9 Å². The van der Waals surface area contributed by atoms with E-state index >= 15 is 0 Å². The van der Waals surface area contributed by atoms with Gasteiger partial charge >= 0.3 is 0 Å². The van der Waals surface area contributed by atoms with Gasteiger partial charge in [-0.3, -0.25) is 4.79 Å². The molecule has 1 aliphatic rings. The van der Waals surface area contributed by atoms with Crippen LogP contribution in [0.25, 0.3) is 0 Å². The van der Waals surface area contributed by atoms with E-state index < -0.39 is 6.04 Å². The highest BCUT2D eigenvalue weighted by molar-refractivity contribution is 9.10. The molecule has 1 fully saturated rings. The summed E-state index contributed by atoms with van der Waals surface area (Å²) < 4.78 is 0.841. The molecule has 1 aliphatic carbocycles. The monoisotopic (exact) mass is 353 g/mol. The van der Waals surface area contributed by atoms with Gasteiger partial charge in [-0.25, -0.2) is 0 Å². The topological polar surface area (TPSA) is 87.7 Å². The third kappa shape index (κ3) is 4.20. The van der Waals surface area contributed by atoms with Crippen molar-refractivity contribution in [3.05, 3.63) is 34.3 Å². The zero-order valence-corrected chi connectivity index (χ0v) is 13.3. The summed E-state index contributed by atoms with van der Waals surface area (Å²) in [7, 11) is 0. The number of nitrogens with two attached hydrogens (primary N) is 1. The van der Waals surface area contributed by atoms with E-state index in [1.807, 2.05) is 6.07 Å². The van der Waals surface area contributed by atoms with Crippen molar-refractivity contribution in [2.75, 3.05) is 0 Å². The largest absolute Gasteiger partial charge is 0.409 e. The second-order valence-electron chi connectivity index (χ2n) is 5.38. The van der Waals surface area contributed by atoms with E-state index in [-0.39, 0.29) is 17.7 Å². The maximum atomic E-state index is 12.3. The van der Waals surface area contributed by atoms with E-state index in [0.717, 1.165) is 30.2 Å². The molecule has 0 spiro atoms. The average molecular weight is 354 g/mol. The number of hydrogen-bond donors (Lipinski definition) is 3. The molecule has 6 heteroatoms. The molecule has 0 bridgehead atoms. The molecule has 1 amide bonds. The zero-order valence-electron chi connectivity index (χ0n) is 11.8. The van der Waals surface area contributed by atoms with Crippen molar-refractivity contribution in [1.29, 1.82) is 0 Å². The molecule has 1 saturated carbocycles. The lowest BCUT2D eigenvalue weighted by Gasteiger charge is -2.30. The fraction of sp³-hybridized carbons (Fsp3) is 0.467. The summed E-state index contributed by atoms with van der Waals surface area (Å²) >= 11 is 3.35. The van der Waals surface area contributed by atoms with Crippen molar-refractivity contribution >= 4 is 27.7 Å². The van der Waals surface area contributed by atoms with Crippen LogP contribution in [-0.4, -0.2) is 23.0 Å². The molecule has 2 rings (SSSR count). The number of oxime groups is 1. The first-order valence-electron chi connectivity index (χ1n) is 7.15. The summed E-state index contributed by atoms with van der Waals surface area (Å²) in [6.45, 7) is 0. The highest BCUT2D eigenvalue weighted by Crippen LogP contribution is 2.27. The van der Waals surface area contributed by atoms with E-state index in [9.17, 15) is 4.79 Å². The van der Waals surface area contributed by atoms with Crippen LogP contribution in [0.5, 0.6) is 0 Å². The number of hydrogen-bond acceptors (Lipinski definition) is 3. The number of nitrogens with zero attached hydrogens (tertiary/aromatic N) is 1. The number of amides is 1. The maximum absolute atomic E-state index is 12.3. The van der Waals surface area contributed by atoms with Gasteiger partial charge in [0.1, 0.15) is 0 Å². The smallest absolute Gasteiger partial charge is 0.251 e. The van der Waals surface area contributed by atoms with Crippen molar-refractivity contribution in [2.24, 2.45) is 16.8 Å². The molecule has 1 unspecified atom stereocenters. The molecule has 1 aromatic rings. The fourth-order valence-electron chi connectivity index (χ4n) is 2.82. The lowest BCUT2D eigenvalue weighted by molar-refractivity contribution is 0.0930. The van der Waals surface area contributed by atoms with E-state index in [0.29, 0.717) is 5.56 Å². The summed E-state index contributed by atoms with van der Waals surface area (Å²) in [5, 5.41) is 15.0. The maximum Gasteiger partial charge on any atom is 0.251 e. The standard InChI is InChI=1S/C15H20BrN3O2/c16-12-8-4-7-11(9-12)15(20)18-13(14(17)19-21)10-5-2-1-3-6-10/h4,7-10,13,21H,1-3,5-6H2,(H2,17,19)(H,18,20). The van der Waals surface area contributed by atoms with Gasteiger partial charge in [0, 0.05) is 10.0 Å². The summed E-state index contributed by atoms with van der Waals surface area (Å²) in [5.74, 6) is 0.0921. The predicted octanol–water partition coefficient (Wildman–Crippen LogP) is 2.87. The molecule has 1 atom stereocenters. The second-order valence-corrected chi connectivity index (χ2v) is 6.30. The predicted molar refractivity (Wildman–Crippen MR) is 85.4 cm³/mol. The molecule has 0 radical (unpaired) electrons. The van der Waals surface area contributed by atoms with Gasteiger partial charge in [0.2, 0.25) is 0 Å². The Labute approximate surface area is 132 Å². The van der Waals surface area contributed by atoms with Gasteiger partial charge in [-0.1, -0.05) is 46.4 Å². The lowest BCUT2D eigenvalue weighted by Crippen LogP contribution is -2.49. The number of nitrogens with one attached hydrogen (secondary N) is 1. The first kappa shape index (κ1) is 15.8. The van der Waals surface area contributed by atoms with Crippen molar-refractivity contribution in [2.45, 2.75) is 38.1 Å². The summed E-state index contributed by atoms with van der Waals surface area (Å²) in [6, 6.07) is 6.74. The van der Waals surface area contributed by atoms with E-state index in [1.54, 1.807) is 18.2 Å². The molecule has 0 heterocycles. The van der Waals surface area contributed by atoms with Crippen molar-refractivity contribution < 1.29 is 10.0 Å². The van der Waals surface area contributed by atoms with Crippen LogP contribution in [0.2, 0.25) is 0 Å². The first-order chi connectivity index (χ1) is 10.1. The van der Waals surface area contributed by atoms with Crippen LogP contribution in [0.3, 0.4) is 0 Å². The Kier molecular flexibility index (Phi) is 5.61. The first-order valence-corrected chi connectivity index (χ1v) is 7.95. The molecular formula is C15H20BrN3O2.